The lowest BCUT2D eigenvalue weighted by atomic mass is 10.1. The molecule has 0 bridgehead atoms. The van der Waals surface area contributed by atoms with E-state index in [0.717, 1.165) is 0 Å². The predicted molar refractivity (Wildman–Crippen MR) is 69.3 cm³/mol. The van der Waals surface area contributed by atoms with Crippen molar-refractivity contribution in [3.05, 3.63) is 34.6 Å². The van der Waals surface area contributed by atoms with Gasteiger partial charge in [0.05, 0.1) is 18.6 Å². The topological polar surface area (TPSA) is 41.1 Å². The summed E-state index contributed by atoms with van der Waals surface area (Å²) in [6, 6.07) is 2.51. The minimum Gasteiger partial charge on any atom is -0.348 e. The quantitative estimate of drug-likeness (QED) is 0.901. The lowest BCUT2D eigenvalue weighted by molar-refractivity contribution is -0.124. The Morgan fingerprint density at radius 1 is 1.55 bits per heavy atom. The minimum atomic E-state index is -2.89. The molecule has 0 aliphatic carbocycles. The smallest absolute Gasteiger partial charge is 0.262 e. The maximum Gasteiger partial charge on any atom is 0.262 e. The van der Waals surface area contributed by atoms with E-state index < -0.39 is 42.7 Å². The molecular formula is C13H14ClF3N2O. The van der Waals surface area contributed by atoms with Crippen LogP contribution in [0.4, 0.5) is 13.2 Å². The van der Waals surface area contributed by atoms with Gasteiger partial charge in [-0.3, -0.25) is 10.1 Å². The van der Waals surface area contributed by atoms with Gasteiger partial charge in [0.2, 0.25) is 5.91 Å². The van der Waals surface area contributed by atoms with Crippen LogP contribution in [-0.2, 0) is 4.79 Å². The highest BCUT2D eigenvalue weighted by molar-refractivity contribution is 6.31. The summed E-state index contributed by atoms with van der Waals surface area (Å²) < 4.78 is 39.7. The van der Waals surface area contributed by atoms with Crippen molar-refractivity contribution >= 4 is 17.5 Å². The lowest BCUT2D eigenvalue weighted by Gasteiger charge is -2.19. The number of hydrogen-bond acceptors (Lipinski definition) is 2. The first kappa shape index (κ1) is 15.1. The Labute approximate surface area is 119 Å². The number of benzene rings is 1. The van der Waals surface area contributed by atoms with E-state index in [0.29, 0.717) is 0 Å². The number of rotatable bonds is 3. The molecule has 0 aromatic heterocycles. The highest BCUT2D eigenvalue weighted by Gasteiger charge is 2.42. The van der Waals surface area contributed by atoms with Crippen molar-refractivity contribution in [2.45, 2.75) is 31.4 Å². The Bertz CT molecular complexity index is 504. The van der Waals surface area contributed by atoms with Gasteiger partial charge in [-0.1, -0.05) is 17.7 Å². The Balaban J connectivity index is 2.05. The van der Waals surface area contributed by atoms with Gasteiger partial charge in [-0.25, -0.2) is 13.2 Å². The van der Waals surface area contributed by atoms with Gasteiger partial charge in [-0.15, -0.1) is 0 Å². The number of carbonyl (C=O) groups excluding carboxylic acids is 1. The third kappa shape index (κ3) is 3.24. The van der Waals surface area contributed by atoms with Crippen molar-refractivity contribution in [3.63, 3.8) is 0 Å². The molecule has 0 saturated carbocycles. The fourth-order valence-corrected chi connectivity index (χ4v) is 2.54. The number of carbonyl (C=O) groups is 1. The summed E-state index contributed by atoms with van der Waals surface area (Å²) in [7, 11) is 0. The van der Waals surface area contributed by atoms with Crippen molar-refractivity contribution in [2.75, 3.05) is 6.54 Å². The second-order valence-electron chi connectivity index (χ2n) is 4.86. The molecule has 20 heavy (non-hydrogen) atoms. The lowest BCUT2D eigenvalue weighted by Crippen LogP contribution is -2.41. The third-order valence-corrected chi connectivity index (χ3v) is 3.55. The van der Waals surface area contributed by atoms with E-state index in [1.165, 1.54) is 18.2 Å². The van der Waals surface area contributed by atoms with Crippen LogP contribution in [-0.4, -0.2) is 24.4 Å². The molecule has 2 atom stereocenters. The average molecular weight is 307 g/mol. The van der Waals surface area contributed by atoms with Crippen molar-refractivity contribution in [2.24, 2.45) is 0 Å². The van der Waals surface area contributed by atoms with Gasteiger partial charge < -0.3 is 5.32 Å². The molecule has 0 radical (unpaired) electrons. The molecule has 1 saturated heterocycles. The molecule has 0 spiro atoms. The van der Waals surface area contributed by atoms with E-state index in [9.17, 15) is 18.0 Å². The van der Waals surface area contributed by atoms with Crippen LogP contribution in [0, 0.1) is 5.82 Å². The molecule has 1 aromatic rings. The van der Waals surface area contributed by atoms with Crippen LogP contribution < -0.4 is 10.6 Å². The highest BCUT2D eigenvalue weighted by atomic mass is 35.5. The summed E-state index contributed by atoms with van der Waals surface area (Å²) >= 11 is 5.89. The summed E-state index contributed by atoms with van der Waals surface area (Å²) in [5.74, 6) is -4.02. The normalized spacial score (nSPS) is 22.6. The maximum atomic E-state index is 13.7. The second kappa shape index (κ2) is 5.61. The average Bonchev–Trinajstić information content (AvgIpc) is 2.69. The van der Waals surface area contributed by atoms with Gasteiger partial charge in [0.1, 0.15) is 5.82 Å². The van der Waals surface area contributed by atoms with Gasteiger partial charge in [-0.05, 0) is 19.1 Å². The van der Waals surface area contributed by atoms with Crippen LogP contribution in [0.2, 0.25) is 5.02 Å². The molecule has 1 fully saturated rings. The van der Waals surface area contributed by atoms with Gasteiger partial charge in [0, 0.05) is 17.0 Å². The number of halogens is 4. The molecule has 1 heterocycles. The Morgan fingerprint density at radius 3 is 2.80 bits per heavy atom. The van der Waals surface area contributed by atoms with E-state index in [2.05, 4.69) is 10.6 Å². The Hall–Kier alpha value is -1.27. The molecule has 7 heteroatoms. The molecule has 3 nitrogen and oxygen atoms in total. The van der Waals surface area contributed by atoms with Crippen LogP contribution in [0.3, 0.4) is 0 Å². The SMILES string of the molecule is CC(NC(=O)C1CC(F)(F)CN1)c1c(F)cccc1Cl. The van der Waals surface area contributed by atoms with Crippen molar-refractivity contribution in [1.29, 1.82) is 0 Å². The number of nitrogens with one attached hydrogen (secondary N) is 2. The van der Waals surface area contributed by atoms with Crippen LogP contribution >= 0.6 is 11.6 Å². The van der Waals surface area contributed by atoms with Crippen molar-refractivity contribution < 1.29 is 18.0 Å². The number of alkyl halides is 2. The van der Waals surface area contributed by atoms with E-state index in [1.807, 2.05) is 0 Å². The first-order chi connectivity index (χ1) is 9.30. The molecule has 1 aliphatic rings. The summed E-state index contributed by atoms with van der Waals surface area (Å²) in [5.41, 5.74) is 0.146. The number of hydrogen-bond donors (Lipinski definition) is 2. The van der Waals surface area contributed by atoms with E-state index in [-0.39, 0.29) is 10.6 Å². The molecule has 1 aromatic carbocycles. The van der Waals surface area contributed by atoms with Crippen LogP contribution in [0.5, 0.6) is 0 Å². The summed E-state index contributed by atoms with van der Waals surface area (Å²) in [6.07, 6.45) is -0.559. The Kier molecular flexibility index (Phi) is 4.25. The predicted octanol–water partition coefficient (Wildman–Crippen LogP) is 2.65. The van der Waals surface area contributed by atoms with Crippen molar-refractivity contribution in [3.8, 4) is 0 Å². The van der Waals surface area contributed by atoms with E-state index in [4.69, 9.17) is 11.6 Å². The fourth-order valence-electron chi connectivity index (χ4n) is 2.21. The van der Waals surface area contributed by atoms with Crippen molar-refractivity contribution in [1.82, 2.24) is 10.6 Å². The zero-order valence-corrected chi connectivity index (χ0v) is 11.5. The second-order valence-corrected chi connectivity index (χ2v) is 5.27. The molecule has 2 N–H and O–H groups in total. The molecule has 2 unspecified atom stereocenters. The van der Waals surface area contributed by atoms with E-state index in [1.54, 1.807) is 6.92 Å². The third-order valence-electron chi connectivity index (χ3n) is 3.22. The van der Waals surface area contributed by atoms with Gasteiger partial charge >= 0.3 is 0 Å². The number of amides is 1. The molecule has 2 rings (SSSR count). The summed E-state index contributed by atoms with van der Waals surface area (Å²) in [5, 5.41) is 5.13. The summed E-state index contributed by atoms with van der Waals surface area (Å²) in [4.78, 5) is 11.9. The van der Waals surface area contributed by atoms with Crippen LogP contribution in [0.15, 0.2) is 18.2 Å². The molecule has 1 aliphatic heterocycles. The maximum absolute atomic E-state index is 13.7. The van der Waals surface area contributed by atoms with Gasteiger partial charge in [-0.2, -0.15) is 0 Å². The minimum absolute atomic E-state index is 0.146. The van der Waals surface area contributed by atoms with Gasteiger partial charge in [0.15, 0.2) is 0 Å². The van der Waals surface area contributed by atoms with Crippen LogP contribution in [0.1, 0.15) is 24.9 Å². The van der Waals surface area contributed by atoms with Crippen LogP contribution in [0.25, 0.3) is 0 Å². The zero-order valence-electron chi connectivity index (χ0n) is 10.7. The molecule has 1 amide bonds. The Morgan fingerprint density at radius 2 is 2.25 bits per heavy atom. The zero-order chi connectivity index (χ0) is 14.9. The van der Waals surface area contributed by atoms with E-state index >= 15 is 0 Å². The monoisotopic (exact) mass is 306 g/mol. The van der Waals surface area contributed by atoms with Gasteiger partial charge in [0.25, 0.3) is 5.92 Å². The first-order valence-corrected chi connectivity index (χ1v) is 6.53. The molecular weight excluding hydrogens is 293 g/mol. The highest BCUT2D eigenvalue weighted by Crippen LogP contribution is 2.28. The summed E-state index contributed by atoms with van der Waals surface area (Å²) in [6.45, 7) is 1.02. The largest absolute Gasteiger partial charge is 0.348 e. The molecule has 110 valence electrons. The fraction of sp³-hybridized carbons (Fsp3) is 0.462. The first-order valence-electron chi connectivity index (χ1n) is 6.16. The standard InChI is InChI=1S/C13H14ClF3N2O/c1-7(11-8(14)3-2-4-9(11)15)19-12(20)10-5-13(16,17)6-18-10/h2-4,7,10,18H,5-6H2,1H3,(H,19,20).